The summed E-state index contributed by atoms with van der Waals surface area (Å²) < 4.78 is 10.6. The van der Waals surface area contributed by atoms with Crippen LogP contribution in [0.4, 0.5) is 5.82 Å². The van der Waals surface area contributed by atoms with Crippen molar-refractivity contribution < 1.29 is 14.3 Å². The van der Waals surface area contributed by atoms with E-state index < -0.39 is 0 Å². The van der Waals surface area contributed by atoms with Gasteiger partial charge in [0.15, 0.2) is 11.5 Å². The number of nitrogens with one attached hydrogen (secondary N) is 2. The molecule has 7 heteroatoms. The summed E-state index contributed by atoms with van der Waals surface area (Å²) in [5.74, 6) is 1.93. The zero-order valence-corrected chi connectivity index (χ0v) is 15.8. The fraction of sp³-hybridized carbons (Fsp3) is 0.450. The van der Waals surface area contributed by atoms with Crippen molar-refractivity contribution in [1.29, 1.82) is 0 Å². The van der Waals surface area contributed by atoms with E-state index in [1.807, 2.05) is 18.2 Å². The number of hydrogen-bond donors (Lipinski definition) is 2. The standard InChI is InChI=1S/C20H26N4O3/c1-26-17-8-7-14(11-18(17)27-2)9-10-21-19-13-22-16(12-23-19)20(25)24-15-5-3-4-6-15/h7-8,11-13,15H,3-6,9-10H2,1-2H3,(H,21,23)(H,24,25). The predicted molar refractivity (Wildman–Crippen MR) is 103 cm³/mol. The van der Waals surface area contributed by atoms with E-state index in [1.165, 1.54) is 19.0 Å². The Morgan fingerprint density at radius 3 is 2.56 bits per heavy atom. The molecular weight excluding hydrogens is 344 g/mol. The van der Waals surface area contributed by atoms with Gasteiger partial charge in [0.05, 0.1) is 26.6 Å². The van der Waals surface area contributed by atoms with Gasteiger partial charge in [0, 0.05) is 12.6 Å². The summed E-state index contributed by atoms with van der Waals surface area (Å²) in [5.41, 5.74) is 1.48. The molecule has 1 aliphatic carbocycles. The monoisotopic (exact) mass is 370 g/mol. The molecule has 0 radical (unpaired) electrons. The Bertz CT molecular complexity index is 758. The normalized spacial score (nSPS) is 14.0. The summed E-state index contributed by atoms with van der Waals surface area (Å²) in [6.07, 6.45) is 8.37. The van der Waals surface area contributed by atoms with Crippen LogP contribution in [0.2, 0.25) is 0 Å². The first kappa shape index (κ1) is 18.9. The Labute approximate surface area is 159 Å². The van der Waals surface area contributed by atoms with E-state index in [0.29, 0.717) is 29.6 Å². The Morgan fingerprint density at radius 2 is 1.89 bits per heavy atom. The van der Waals surface area contributed by atoms with Gasteiger partial charge in [0.25, 0.3) is 5.91 Å². The second-order valence-corrected chi connectivity index (χ2v) is 6.61. The van der Waals surface area contributed by atoms with Crippen LogP contribution in [-0.4, -0.2) is 42.7 Å². The Balaban J connectivity index is 1.49. The van der Waals surface area contributed by atoms with E-state index in [9.17, 15) is 4.79 Å². The molecule has 0 spiro atoms. The number of ether oxygens (including phenoxy) is 2. The molecule has 1 aromatic carbocycles. The highest BCUT2D eigenvalue weighted by molar-refractivity contribution is 5.92. The minimum absolute atomic E-state index is 0.147. The highest BCUT2D eigenvalue weighted by atomic mass is 16.5. The van der Waals surface area contributed by atoms with Crippen LogP contribution in [0.25, 0.3) is 0 Å². The second-order valence-electron chi connectivity index (χ2n) is 6.61. The van der Waals surface area contributed by atoms with Crippen molar-refractivity contribution in [2.75, 3.05) is 26.1 Å². The van der Waals surface area contributed by atoms with Gasteiger partial charge >= 0.3 is 0 Å². The largest absolute Gasteiger partial charge is 0.493 e. The van der Waals surface area contributed by atoms with E-state index >= 15 is 0 Å². The molecule has 144 valence electrons. The molecule has 1 fully saturated rings. The molecular formula is C20H26N4O3. The van der Waals surface area contributed by atoms with Crippen LogP contribution >= 0.6 is 0 Å². The van der Waals surface area contributed by atoms with Gasteiger partial charge in [-0.2, -0.15) is 0 Å². The summed E-state index contributed by atoms with van der Waals surface area (Å²) >= 11 is 0. The summed E-state index contributed by atoms with van der Waals surface area (Å²) in [6.45, 7) is 0.692. The Hall–Kier alpha value is -2.83. The molecule has 0 saturated heterocycles. The third-order valence-electron chi connectivity index (χ3n) is 4.74. The lowest BCUT2D eigenvalue weighted by atomic mass is 10.1. The predicted octanol–water partition coefficient (Wildman–Crippen LogP) is 2.82. The van der Waals surface area contributed by atoms with Crippen LogP contribution in [0.3, 0.4) is 0 Å². The summed E-state index contributed by atoms with van der Waals surface area (Å²) in [5, 5.41) is 6.24. The average molecular weight is 370 g/mol. The Kier molecular flexibility index (Phi) is 6.46. The zero-order chi connectivity index (χ0) is 19.1. The molecule has 1 aromatic heterocycles. The molecule has 1 amide bonds. The van der Waals surface area contributed by atoms with Crippen molar-refractivity contribution in [2.24, 2.45) is 0 Å². The number of benzene rings is 1. The van der Waals surface area contributed by atoms with Crippen LogP contribution in [0.5, 0.6) is 11.5 Å². The smallest absolute Gasteiger partial charge is 0.271 e. The third-order valence-corrected chi connectivity index (χ3v) is 4.74. The van der Waals surface area contributed by atoms with Crippen molar-refractivity contribution >= 4 is 11.7 Å². The van der Waals surface area contributed by atoms with E-state index in [-0.39, 0.29) is 11.9 Å². The summed E-state index contributed by atoms with van der Waals surface area (Å²) in [4.78, 5) is 20.7. The van der Waals surface area contributed by atoms with E-state index in [1.54, 1.807) is 20.4 Å². The molecule has 1 heterocycles. The number of nitrogens with zero attached hydrogens (tertiary/aromatic N) is 2. The lowest BCUT2D eigenvalue weighted by molar-refractivity contribution is 0.0932. The van der Waals surface area contributed by atoms with Crippen LogP contribution in [0, 0.1) is 0 Å². The van der Waals surface area contributed by atoms with Gasteiger partial charge in [0.1, 0.15) is 11.5 Å². The number of carbonyl (C=O) groups excluding carboxylic acids is 1. The van der Waals surface area contributed by atoms with E-state index in [0.717, 1.165) is 24.8 Å². The molecule has 27 heavy (non-hydrogen) atoms. The maximum Gasteiger partial charge on any atom is 0.271 e. The second kappa shape index (κ2) is 9.21. The quantitative estimate of drug-likeness (QED) is 0.743. The molecule has 0 unspecified atom stereocenters. The number of rotatable bonds is 8. The fourth-order valence-corrected chi connectivity index (χ4v) is 3.24. The zero-order valence-electron chi connectivity index (χ0n) is 15.8. The van der Waals surface area contributed by atoms with Gasteiger partial charge in [-0.05, 0) is 37.0 Å². The van der Waals surface area contributed by atoms with Gasteiger partial charge in [-0.3, -0.25) is 4.79 Å². The van der Waals surface area contributed by atoms with Crippen LogP contribution in [-0.2, 0) is 6.42 Å². The number of amides is 1. The summed E-state index contributed by atoms with van der Waals surface area (Å²) in [7, 11) is 3.25. The Morgan fingerprint density at radius 1 is 1.11 bits per heavy atom. The number of methoxy groups -OCH3 is 2. The van der Waals surface area contributed by atoms with Crippen molar-refractivity contribution in [2.45, 2.75) is 38.1 Å². The number of carbonyl (C=O) groups is 1. The van der Waals surface area contributed by atoms with Crippen molar-refractivity contribution in [3.63, 3.8) is 0 Å². The molecule has 3 rings (SSSR count). The maximum absolute atomic E-state index is 12.2. The lowest BCUT2D eigenvalue weighted by Gasteiger charge is -2.12. The fourth-order valence-electron chi connectivity index (χ4n) is 3.24. The first-order valence-electron chi connectivity index (χ1n) is 9.27. The number of anilines is 1. The highest BCUT2D eigenvalue weighted by Crippen LogP contribution is 2.27. The SMILES string of the molecule is COc1ccc(CCNc2cnc(C(=O)NC3CCCC3)cn2)cc1OC. The third kappa shape index (κ3) is 5.09. The molecule has 0 aliphatic heterocycles. The number of aromatic nitrogens is 2. The molecule has 1 aliphatic rings. The van der Waals surface area contributed by atoms with E-state index in [2.05, 4.69) is 20.6 Å². The topological polar surface area (TPSA) is 85.4 Å². The molecule has 2 N–H and O–H groups in total. The molecule has 7 nitrogen and oxygen atoms in total. The van der Waals surface area contributed by atoms with Crippen molar-refractivity contribution in [1.82, 2.24) is 15.3 Å². The number of hydrogen-bond acceptors (Lipinski definition) is 6. The minimum Gasteiger partial charge on any atom is -0.493 e. The van der Waals surface area contributed by atoms with Gasteiger partial charge in [-0.1, -0.05) is 18.9 Å². The van der Waals surface area contributed by atoms with Gasteiger partial charge in [-0.15, -0.1) is 0 Å². The molecule has 0 atom stereocenters. The van der Waals surface area contributed by atoms with Crippen LogP contribution in [0.15, 0.2) is 30.6 Å². The molecule has 0 bridgehead atoms. The van der Waals surface area contributed by atoms with Gasteiger partial charge in [-0.25, -0.2) is 9.97 Å². The highest BCUT2D eigenvalue weighted by Gasteiger charge is 2.18. The average Bonchev–Trinajstić information content (AvgIpc) is 3.21. The first-order chi connectivity index (χ1) is 13.2. The molecule has 2 aromatic rings. The minimum atomic E-state index is -0.147. The molecule has 1 saturated carbocycles. The van der Waals surface area contributed by atoms with Crippen molar-refractivity contribution in [3.05, 3.63) is 41.9 Å². The first-order valence-corrected chi connectivity index (χ1v) is 9.27. The summed E-state index contributed by atoms with van der Waals surface area (Å²) in [6, 6.07) is 6.14. The lowest BCUT2D eigenvalue weighted by Crippen LogP contribution is -2.33. The van der Waals surface area contributed by atoms with Gasteiger partial charge in [0.2, 0.25) is 0 Å². The van der Waals surface area contributed by atoms with Crippen LogP contribution < -0.4 is 20.1 Å². The maximum atomic E-state index is 12.2. The van der Waals surface area contributed by atoms with E-state index in [4.69, 9.17) is 9.47 Å². The van der Waals surface area contributed by atoms with Gasteiger partial charge < -0.3 is 20.1 Å². The van der Waals surface area contributed by atoms with Crippen molar-refractivity contribution in [3.8, 4) is 11.5 Å². The van der Waals surface area contributed by atoms with Crippen LogP contribution in [0.1, 0.15) is 41.7 Å².